The van der Waals surface area contributed by atoms with E-state index in [1.807, 2.05) is 20.0 Å². The minimum absolute atomic E-state index is 0.517. The molecule has 0 N–H and O–H groups in total. The molecule has 0 aromatic carbocycles. The highest BCUT2D eigenvalue weighted by atomic mass is 15.3. The minimum atomic E-state index is 0.517. The second-order valence-corrected chi connectivity index (χ2v) is 13.2. The average Bonchev–Trinajstić information content (AvgIpc) is 3.32. The molecule has 0 amide bonds. The molecule has 1 heterocycles. The highest BCUT2D eigenvalue weighted by molar-refractivity contribution is 5.26. The lowest BCUT2D eigenvalue weighted by atomic mass is 9.41. The predicted octanol–water partition coefficient (Wildman–Crippen LogP) is 8.99. The molecule has 5 rings (SSSR count). The first-order valence-electron chi connectivity index (χ1n) is 15.4. The Morgan fingerprint density at radius 1 is 1.06 bits per heavy atom. The van der Waals surface area contributed by atoms with Gasteiger partial charge in [0.05, 0.1) is 11.8 Å². The van der Waals surface area contributed by atoms with Gasteiger partial charge in [0.25, 0.3) is 0 Å². The van der Waals surface area contributed by atoms with Crippen LogP contribution >= 0.6 is 0 Å². The summed E-state index contributed by atoms with van der Waals surface area (Å²) >= 11 is 0. The van der Waals surface area contributed by atoms with E-state index in [9.17, 15) is 0 Å². The maximum absolute atomic E-state index is 5.58. The van der Waals surface area contributed by atoms with Crippen LogP contribution in [0.2, 0.25) is 0 Å². The van der Waals surface area contributed by atoms with E-state index in [-0.39, 0.29) is 0 Å². The molecule has 2 heteroatoms. The summed E-state index contributed by atoms with van der Waals surface area (Å²) in [6.45, 7) is 15.3. The second kappa shape index (κ2) is 11.0. The first kappa shape index (κ1) is 26.8. The maximum atomic E-state index is 5.58. The lowest BCUT2D eigenvalue weighted by molar-refractivity contribution is -0.153. The average molecular weight is 479 g/mol. The topological polar surface area (TPSA) is 17.8 Å². The van der Waals surface area contributed by atoms with Gasteiger partial charge in [-0.2, -0.15) is 5.10 Å². The van der Waals surface area contributed by atoms with Crippen molar-refractivity contribution in [3.63, 3.8) is 0 Å². The van der Waals surface area contributed by atoms with Gasteiger partial charge in [-0.15, -0.1) is 6.42 Å². The minimum Gasteiger partial charge on any atom is -0.271 e. The summed E-state index contributed by atoms with van der Waals surface area (Å²) in [6.07, 6.45) is 27.2. The van der Waals surface area contributed by atoms with E-state index in [1.54, 1.807) is 6.42 Å². The molecular weight excluding hydrogens is 424 g/mol. The van der Waals surface area contributed by atoms with Crippen LogP contribution < -0.4 is 0 Å². The molecule has 0 radical (unpaired) electrons. The van der Waals surface area contributed by atoms with Gasteiger partial charge in [-0.1, -0.05) is 66.7 Å². The Kier molecular flexibility index (Phi) is 8.45. The maximum Gasteiger partial charge on any atom is 0.0646 e. The van der Waals surface area contributed by atoms with E-state index in [1.165, 1.54) is 70.6 Å². The van der Waals surface area contributed by atoms with Crippen molar-refractivity contribution >= 4 is 0 Å². The van der Waals surface area contributed by atoms with Gasteiger partial charge in [0.1, 0.15) is 0 Å². The summed E-state index contributed by atoms with van der Waals surface area (Å²) in [6, 6.07) is 0. The van der Waals surface area contributed by atoms with E-state index in [4.69, 9.17) is 6.42 Å². The molecule has 2 nitrogen and oxygen atoms in total. The summed E-state index contributed by atoms with van der Waals surface area (Å²) in [7, 11) is 0. The molecule has 0 bridgehead atoms. The molecule has 9 atom stereocenters. The highest BCUT2D eigenvalue weighted by Crippen LogP contribution is 2.67. The zero-order valence-corrected chi connectivity index (χ0v) is 23.9. The third kappa shape index (κ3) is 4.88. The van der Waals surface area contributed by atoms with Gasteiger partial charge >= 0.3 is 0 Å². The first-order valence-corrected chi connectivity index (χ1v) is 15.4. The van der Waals surface area contributed by atoms with Crippen LogP contribution in [0.3, 0.4) is 0 Å². The van der Waals surface area contributed by atoms with E-state index >= 15 is 0 Å². The van der Waals surface area contributed by atoms with Crippen LogP contribution in [-0.4, -0.2) is 9.78 Å². The number of hydrogen-bond acceptors (Lipinski definition) is 1. The number of aromatic nitrogens is 2. The van der Waals surface area contributed by atoms with Crippen LogP contribution in [0.5, 0.6) is 0 Å². The Morgan fingerprint density at radius 2 is 1.80 bits per heavy atom. The van der Waals surface area contributed by atoms with Crippen molar-refractivity contribution in [1.29, 1.82) is 0 Å². The van der Waals surface area contributed by atoms with Crippen LogP contribution in [-0.2, 0) is 6.54 Å². The smallest absolute Gasteiger partial charge is 0.0646 e. The van der Waals surface area contributed by atoms with Gasteiger partial charge in [0.2, 0.25) is 0 Å². The van der Waals surface area contributed by atoms with Gasteiger partial charge < -0.3 is 0 Å². The van der Waals surface area contributed by atoms with Gasteiger partial charge in [-0.25, -0.2) is 0 Å². The second-order valence-electron chi connectivity index (χ2n) is 13.2. The molecule has 196 valence electrons. The number of terminal acetylenes is 1. The standard InChI is InChI=1S/C31H48N2.C2H6/c1-6-9-24-14-16-30(4)25(18-24)12-13-26-28-11-8-10-27(31(28,5)17-15-29(26)30)22(3)20-33-21-23(7-2)19-32-33;1-2/h2,19,21-22,24-29H,6,8-18,20H2,1,3-5H3;1-2H3. The van der Waals surface area contributed by atoms with E-state index in [0.29, 0.717) is 16.7 Å². The molecule has 0 saturated heterocycles. The van der Waals surface area contributed by atoms with Crippen LogP contribution in [0.25, 0.3) is 0 Å². The fourth-order valence-corrected chi connectivity index (χ4v) is 10.2. The lowest BCUT2D eigenvalue weighted by Crippen LogP contribution is -2.57. The molecule has 4 aliphatic rings. The number of rotatable bonds is 5. The molecule has 9 unspecified atom stereocenters. The van der Waals surface area contributed by atoms with E-state index < -0.39 is 0 Å². The molecule has 4 fully saturated rings. The van der Waals surface area contributed by atoms with Crippen molar-refractivity contribution in [1.82, 2.24) is 9.78 Å². The summed E-state index contributed by atoms with van der Waals surface area (Å²) in [4.78, 5) is 0. The van der Waals surface area contributed by atoms with Crippen molar-refractivity contribution in [3.05, 3.63) is 18.0 Å². The quantitative estimate of drug-likeness (QED) is 0.386. The first-order chi connectivity index (χ1) is 16.9. The monoisotopic (exact) mass is 478 g/mol. The van der Waals surface area contributed by atoms with Gasteiger partial charge in [-0.05, 0) is 110 Å². The molecular formula is C33H54N2. The Bertz CT molecular complexity index is 863. The Balaban J connectivity index is 0.00000141. The SMILES string of the molecule is C#Cc1cnn(CC(C)C2CCCC3C4CCC5CC(CCC)CCC5(C)C4CCC23C)c1.CC. The Labute approximate surface area is 217 Å². The number of fused-ring (bicyclic) bond motifs is 5. The van der Waals surface area contributed by atoms with Crippen LogP contribution in [0.15, 0.2) is 12.4 Å². The van der Waals surface area contributed by atoms with Crippen molar-refractivity contribution in [2.24, 2.45) is 52.3 Å². The molecule has 1 aromatic rings. The van der Waals surface area contributed by atoms with Crippen LogP contribution in [0.4, 0.5) is 0 Å². The zero-order valence-electron chi connectivity index (χ0n) is 23.9. The molecule has 35 heavy (non-hydrogen) atoms. The van der Waals surface area contributed by atoms with Gasteiger partial charge in [0.15, 0.2) is 0 Å². The lowest BCUT2D eigenvalue weighted by Gasteiger charge is -2.64. The fraction of sp³-hybridized carbons (Fsp3) is 0.848. The van der Waals surface area contributed by atoms with Crippen molar-refractivity contribution in [2.45, 2.75) is 125 Å². The summed E-state index contributed by atoms with van der Waals surface area (Å²) in [5, 5.41) is 4.56. The van der Waals surface area contributed by atoms with Crippen LogP contribution in [0.1, 0.15) is 124 Å². The fourth-order valence-electron chi connectivity index (χ4n) is 10.2. The molecule has 1 aromatic heterocycles. The largest absolute Gasteiger partial charge is 0.271 e. The van der Waals surface area contributed by atoms with E-state index in [2.05, 4.69) is 49.6 Å². The number of hydrogen-bond donors (Lipinski definition) is 0. The Morgan fingerprint density at radius 3 is 2.51 bits per heavy atom. The molecule has 4 aliphatic carbocycles. The zero-order chi connectivity index (χ0) is 25.2. The van der Waals surface area contributed by atoms with Crippen molar-refractivity contribution in [2.75, 3.05) is 0 Å². The normalized spacial score (nSPS) is 41.3. The van der Waals surface area contributed by atoms with Crippen molar-refractivity contribution < 1.29 is 0 Å². The molecule has 4 saturated carbocycles. The number of nitrogens with zero attached hydrogens (tertiary/aromatic N) is 2. The van der Waals surface area contributed by atoms with Crippen molar-refractivity contribution in [3.8, 4) is 12.3 Å². The van der Waals surface area contributed by atoms with E-state index in [0.717, 1.165) is 47.6 Å². The summed E-state index contributed by atoms with van der Waals surface area (Å²) < 4.78 is 2.11. The molecule has 0 spiro atoms. The predicted molar refractivity (Wildman–Crippen MR) is 149 cm³/mol. The summed E-state index contributed by atoms with van der Waals surface area (Å²) in [5.41, 5.74) is 2.06. The third-order valence-electron chi connectivity index (χ3n) is 11.7. The van der Waals surface area contributed by atoms with Crippen LogP contribution in [0, 0.1) is 64.6 Å². The van der Waals surface area contributed by atoms with Gasteiger partial charge in [0, 0.05) is 12.7 Å². The molecule has 0 aliphatic heterocycles. The van der Waals surface area contributed by atoms with Gasteiger partial charge in [-0.3, -0.25) is 4.68 Å². The Hall–Kier alpha value is -1.23. The highest BCUT2D eigenvalue weighted by Gasteiger charge is 2.59. The third-order valence-corrected chi connectivity index (χ3v) is 11.7. The summed E-state index contributed by atoms with van der Waals surface area (Å²) in [5.74, 6) is 9.18.